The van der Waals surface area contributed by atoms with Gasteiger partial charge in [0.05, 0.1) is 11.7 Å². The van der Waals surface area contributed by atoms with Gasteiger partial charge in [-0.25, -0.2) is 9.37 Å². The van der Waals surface area contributed by atoms with E-state index < -0.39 is 0 Å². The Kier molecular flexibility index (Phi) is 5.31. The van der Waals surface area contributed by atoms with Crippen LogP contribution in [0.2, 0.25) is 0 Å². The number of benzene rings is 1. The molecule has 2 rings (SSSR count). The van der Waals surface area contributed by atoms with Gasteiger partial charge < -0.3 is 10.2 Å². The van der Waals surface area contributed by atoms with E-state index in [1.807, 2.05) is 31.0 Å². The lowest BCUT2D eigenvalue weighted by atomic mass is 10.1. The first-order valence-electron chi connectivity index (χ1n) is 7.20. The number of aromatic nitrogens is 1. The molecular weight excluding hydrogens is 285 g/mol. The molecule has 0 aliphatic carbocycles. The Bertz CT molecular complexity index is 584. The molecule has 0 radical (unpaired) electrons. The largest absolute Gasteiger partial charge is 0.344 e. The van der Waals surface area contributed by atoms with E-state index in [2.05, 4.69) is 29.5 Å². The Morgan fingerprint density at radius 3 is 2.71 bits per heavy atom. The molecule has 1 aromatic carbocycles. The van der Waals surface area contributed by atoms with Crippen LogP contribution in [0.4, 0.5) is 9.52 Å². The minimum atomic E-state index is -0.172. The lowest BCUT2D eigenvalue weighted by Crippen LogP contribution is -2.23. The van der Waals surface area contributed by atoms with Crippen LogP contribution in [0.5, 0.6) is 0 Å². The first kappa shape index (κ1) is 15.9. The van der Waals surface area contributed by atoms with Crippen molar-refractivity contribution in [3.05, 3.63) is 46.7 Å². The number of thiazole rings is 1. The first-order chi connectivity index (χ1) is 10.0. The van der Waals surface area contributed by atoms with Crippen molar-refractivity contribution < 1.29 is 4.39 Å². The summed E-state index contributed by atoms with van der Waals surface area (Å²) in [5.74, 6) is -0.172. The third kappa shape index (κ3) is 3.60. The van der Waals surface area contributed by atoms with E-state index in [9.17, 15) is 4.39 Å². The Morgan fingerprint density at radius 2 is 2.05 bits per heavy atom. The standard InChI is InChI=1S/C16H22FN3S/c1-5-18-11(2)15-10-21-16(19-15)20(4)12(3)13-8-6-7-9-14(13)17/h6-12,18H,5H2,1-4H3. The predicted molar refractivity (Wildman–Crippen MR) is 87.4 cm³/mol. The van der Waals surface area contributed by atoms with Gasteiger partial charge in [0.1, 0.15) is 5.82 Å². The summed E-state index contributed by atoms with van der Waals surface area (Å²) in [6.07, 6.45) is 0. The molecule has 5 heteroatoms. The zero-order chi connectivity index (χ0) is 15.4. The molecule has 2 atom stereocenters. The van der Waals surface area contributed by atoms with Crippen molar-refractivity contribution in [3.63, 3.8) is 0 Å². The second-order valence-electron chi connectivity index (χ2n) is 5.14. The molecule has 1 N–H and O–H groups in total. The number of nitrogens with one attached hydrogen (secondary N) is 1. The maximum atomic E-state index is 13.9. The molecule has 0 aliphatic heterocycles. The molecule has 1 heterocycles. The van der Waals surface area contributed by atoms with E-state index in [-0.39, 0.29) is 17.9 Å². The molecular formula is C16H22FN3S. The fraction of sp³-hybridized carbons (Fsp3) is 0.438. The average Bonchev–Trinajstić information content (AvgIpc) is 2.96. The summed E-state index contributed by atoms with van der Waals surface area (Å²) < 4.78 is 13.9. The van der Waals surface area contributed by atoms with Crippen LogP contribution in [-0.4, -0.2) is 18.6 Å². The van der Waals surface area contributed by atoms with Crippen LogP contribution in [0.25, 0.3) is 0 Å². The summed E-state index contributed by atoms with van der Waals surface area (Å²) in [5, 5.41) is 6.32. The van der Waals surface area contributed by atoms with Gasteiger partial charge in [-0.15, -0.1) is 11.3 Å². The fourth-order valence-corrected chi connectivity index (χ4v) is 3.20. The van der Waals surface area contributed by atoms with Crippen molar-refractivity contribution in [1.82, 2.24) is 10.3 Å². The molecule has 0 saturated carbocycles. The van der Waals surface area contributed by atoms with E-state index in [1.165, 1.54) is 6.07 Å². The Labute approximate surface area is 129 Å². The zero-order valence-corrected chi connectivity index (χ0v) is 13.7. The molecule has 0 amide bonds. The van der Waals surface area contributed by atoms with Crippen LogP contribution >= 0.6 is 11.3 Å². The zero-order valence-electron chi connectivity index (χ0n) is 12.9. The molecule has 1 aromatic heterocycles. The fourth-order valence-electron chi connectivity index (χ4n) is 2.24. The monoisotopic (exact) mass is 307 g/mol. The first-order valence-corrected chi connectivity index (χ1v) is 8.08. The summed E-state index contributed by atoms with van der Waals surface area (Å²) in [5.41, 5.74) is 1.72. The molecule has 2 unspecified atom stereocenters. The summed E-state index contributed by atoms with van der Waals surface area (Å²) >= 11 is 1.59. The molecule has 0 spiro atoms. The molecule has 21 heavy (non-hydrogen) atoms. The number of hydrogen-bond donors (Lipinski definition) is 1. The quantitative estimate of drug-likeness (QED) is 0.869. The molecule has 3 nitrogen and oxygen atoms in total. The molecule has 2 aromatic rings. The molecule has 0 fully saturated rings. The van der Waals surface area contributed by atoms with Crippen molar-refractivity contribution in [1.29, 1.82) is 0 Å². The second-order valence-corrected chi connectivity index (χ2v) is 5.98. The minimum absolute atomic E-state index is 0.0559. The molecule has 0 saturated heterocycles. The number of hydrogen-bond acceptors (Lipinski definition) is 4. The van der Waals surface area contributed by atoms with Gasteiger partial charge in [-0.3, -0.25) is 0 Å². The van der Waals surface area contributed by atoms with Gasteiger partial charge in [-0.1, -0.05) is 25.1 Å². The maximum Gasteiger partial charge on any atom is 0.185 e. The summed E-state index contributed by atoms with van der Waals surface area (Å²) in [6, 6.07) is 7.08. The van der Waals surface area contributed by atoms with Gasteiger partial charge in [0.25, 0.3) is 0 Å². The molecule has 0 aliphatic rings. The number of anilines is 1. The normalized spacial score (nSPS) is 14.0. The van der Waals surface area contributed by atoms with Crippen LogP contribution in [0.3, 0.4) is 0 Å². The van der Waals surface area contributed by atoms with Crippen LogP contribution in [0.1, 0.15) is 44.1 Å². The van der Waals surface area contributed by atoms with Crippen LogP contribution in [0.15, 0.2) is 29.6 Å². The van der Waals surface area contributed by atoms with Gasteiger partial charge in [0.15, 0.2) is 5.13 Å². The van der Waals surface area contributed by atoms with E-state index in [4.69, 9.17) is 0 Å². The van der Waals surface area contributed by atoms with Gasteiger partial charge >= 0.3 is 0 Å². The van der Waals surface area contributed by atoms with E-state index in [0.717, 1.165) is 17.4 Å². The predicted octanol–water partition coefficient (Wildman–Crippen LogP) is 4.15. The van der Waals surface area contributed by atoms with E-state index in [0.29, 0.717) is 5.56 Å². The van der Waals surface area contributed by atoms with Crippen molar-refractivity contribution in [3.8, 4) is 0 Å². The maximum absolute atomic E-state index is 13.9. The van der Waals surface area contributed by atoms with Gasteiger partial charge in [-0.05, 0) is 26.5 Å². The number of rotatable bonds is 6. The van der Waals surface area contributed by atoms with Crippen molar-refractivity contribution in [2.24, 2.45) is 0 Å². The Morgan fingerprint density at radius 1 is 1.33 bits per heavy atom. The third-order valence-corrected chi connectivity index (χ3v) is 4.65. The van der Waals surface area contributed by atoms with Crippen LogP contribution in [-0.2, 0) is 0 Å². The smallest absolute Gasteiger partial charge is 0.185 e. The lowest BCUT2D eigenvalue weighted by Gasteiger charge is -2.25. The van der Waals surface area contributed by atoms with Crippen molar-refractivity contribution >= 4 is 16.5 Å². The highest BCUT2D eigenvalue weighted by Gasteiger charge is 2.19. The average molecular weight is 307 g/mol. The summed E-state index contributed by atoms with van der Waals surface area (Å²) in [4.78, 5) is 6.68. The van der Waals surface area contributed by atoms with Gasteiger partial charge in [-0.2, -0.15) is 0 Å². The highest BCUT2D eigenvalue weighted by molar-refractivity contribution is 7.13. The lowest BCUT2D eigenvalue weighted by molar-refractivity contribution is 0.578. The Balaban J connectivity index is 2.16. The number of nitrogens with zero attached hydrogens (tertiary/aromatic N) is 2. The topological polar surface area (TPSA) is 28.2 Å². The summed E-state index contributed by atoms with van der Waals surface area (Å²) in [6.45, 7) is 7.08. The van der Waals surface area contributed by atoms with Crippen molar-refractivity contribution in [2.45, 2.75) is 32.9 Å². The number of halogens is 1. The van der Waals surface area contributed by atoms with Crippen molar-refractivity contribution in [2.75, 3.05) is 18.5 Å². The minimum Gasteiger partial charge on any atom is -0.344 e. The van der Waals surface area contributed by atoms with E-state index >= 15 is 0 Å². The molecule has 0 bridgehead atoms. The molecule has 114 valence electrons. The Hall–Kier alpha value is -1.46. The highest BCUT2D eigenvalue weighted by atomic mass is 32.1. The summed E-state index contributed by atoms with van der Waals surface area (Å²) in [7, 11) is 1.96. The highest BCUT2D eigenvalue weighted by Crippen LogP contribution is 2.30. The van der Waals surface area contributed by atoms with Gasteiger partial charge in [0, 0.05) is 24.0 Å². The third-order valence-electron chi connectivity index (χ3n) is 3.70. The SMILES string of the molecule is CCNC(C)c1csc(N(C)C(C)c2ccccc2F)n1. The second kappa shape index (κ2) is 7.00. The van der Waals surface area contributed by atoms with Gasteiger partial charge in [0.2, 0.25) is 0 Å². The van der Waals surface area contributed by atoms with Crippen LogP contribution < -0.4 is 10.2 Å². The van der Waals surface area contributed by atoms with Crippen LogP contribution in [0, 0.1) is 5.82 Å². The van der Waals surface area contributed by atoms with E-state index in [1.54, 1.807) is 17.4 Å².